The molecule has 0 fully saturated rings. The summed E-state index contributed by atoms with van der Waals surface area (Å²) in [6, 6.07) is 0. The molecule has 2 N–H and O–H groups in total. The van der Waals surface area contributed by atoms with Crippen molar-refractivity contribution < 1.29 is 9.59 Å². The predicted molar refractivity (Wildman–Crippen MR) is 68.0 cm³/mol. The molecular formula is C12H18N4O2. The first-order valence-corrected chi connectivity index (χ1v) is 5.69. The lowest BCUT2D eigenvalue weighted by atomic mass is 10.3. The van der Waals surface area contributed by atoms with E-state index in [1.807, 2.05) is 6.92 Å². The van der Waals surface area contributed by atoms with Crippen LogP contribution in [0.1, 0.15) is 24.5 Å². The molecule has 18 heavy (non-hydrogen) atoms. The highest BCUT2D eigenvalue weighted by Gasteiger charge is 2.08. The SMILES string of the molecule is CC(=O)C=C(C)NCCNC(=O)c1nccn1C. The molecule has 1 heterocycles. The van der Waals surface area contributed by atoms with Crippen molar-refractivity contribution in [3.63, 3.8) is 0 Å². The van der Waals surface area contributed by atoms with E-state index in [9.17, 15) is 9.59 Å². The van der Waals surface area contributed by atoms with E-state index in [1.54, 1.807) is 24.0 Å². The zero-order valence-corrected chi connectivity index (χ0v) is 10.9. The van der Waals surface area contributed by atoms with Gasteiger partial charge in [-0.15, -0.1) is 0 Å². The predicted octanol–water partition coefficient (Wildman–Crippen LogP) is 0.232. The Balaban J connectivity index is 2.29. The fourth-order valence-electron chi connectivity index (χ4n) is 1.46. The number of rotatable bonds is 6. The van der Waals surface area contributed by atoms with Gasteiger partial charge in [0.05, 0.1) is 0 Å². The summed E-state index contributed by atoms with van der Waals surface area (Å²) in [6.45, 7) is 4.33. The first kappa shape index (κ1) is 14.0. The quantitative estimate of drug-likeness (QED) is 0.560. The Morgan fingerprint density at radius 1 is 1.33 bits per heavy atom. The molecule has 6 heteroatoms. The summed E-state index contributed by atoms with van der Waals surface area (Å²) < 4.78 is 1.66. The first-order chi connectivity index (χ1) is 8.50. The second kappa shape index (κ2) is 6.58. The summed E-state index contributed by atoms with van der Waals surface area (Å²) in [6.07, 6.45) is 4.81. The van der Waals surface area contributed by atoms with Crippen molar-refractivity contribution in [1.82, 2.24) is 20.2 Å². The van der Waals surface area contributed by atoms with Gasteiger partial charge in [0.25, 0.3) is 5.91 Å². The van der Waals surface area contributed by atoms with Gasteiger partial charge in [-0.2, -0.15) is 0 Å². The molecule has 0 unspecified atom stereocenters. The standard InChI is InChI=1S/C12H18N4O2/c1-9(8-10(2)17)13-4-5-15-12(18)11-14-6-7-16(11)3/h6-8,13H,4-5H2,1-3H3,(H,15,18). The maximum Gasteiger partial charge on any atom is 0.287 e. The topological polar surface area (TPSA) is 76.0 Å². The molecule has 0 aromatic carbocycles. The number of ketones is 1. The maximum atomic E-state index is 11.7. The summed E-state index contributed by atoms with van der Waals surface area (Å²) in [4.78, 5) is 26.4. The van der Waals surface area contributed by atoms with E-state index in [1.165, 1.54) is 13.0 Å². The summed E-state index contributed by atoms with van der Waals surface area (Å²) in [5.74, 6) is 0.167. The van der Waals surface area contributed by atoms with E-state index in [2.05, 4.69) is 15.6 Å². The van der Waals surface area contributed by atoms with E-state index in [0.29, 0.717) is 18.9 Å². The molecule has 0 saturated heterocycles. The third kappa shape index (κ3) is 4.40. The number of aryl methyl sites for hydroxylation is 1. The molecule has 1 rings (SSSR count). The van der Waals surface area contributed by atoms with Gasteiger partial charge in [0.1, 0.15) is 0 Å². The fraction of sp³-hybridized carbons (Fsp3) is 0.417. The Morgan fingerprint density at radius 2 is 2.00 bits per heavy atom. The lowest BCUT2D eigenvalue weighted by Gasteiger charge is -2.07. The third-order valence-electron chi connectivity index (χ3n) is 2.26. The van der Waals surface area contributed by atoms with Crippen molar-refractivity contribution in [3.05, 3.63) is 30.0 Å². The highest BCUT2D eigenvalue weighted by atomic mass is 16.2. The number of hydrogen-bond acceptors (Lipinski definition) is 4. The fourth-order valence-corrected chi connectivity index (χ4v) is 1.46. The average Bonchev–Trinajstić information content (AvgIpc) is 2.69. The Morgan fingerprint density at radius 3 is 2.56 bits per heavy atom. The summed E-state index contributed by atoms with van der Waals surface area (Å²) in [7, 11) is 1.76. The molecule has 0 aliphatic rings. The van der Waals surface area contributed by atoms with Crippen molar-refractivity contribution in [2.45, 2.75) is 13.8 Å². The molecule has 0 bridgehead atoms. The monoisotopic (exact) mass is 250 g/mol. The van der Waals surface area contributed by atoms with Crippen molar-refractivity contribution in [2.24, 2.45) is 7.05 Å². The number of nitrogens with zero attached hydrogens (tertiary/aromatic N) is 2. The molecule has 1 amide bonds. The van der Waals surface area contributed by atoms with Crippen LogP contribution < -0.4 is 10.6 Å². The van der Waals surface area contributed by atoms with Crippen molar-refractivity contribution in [2.75, 3.05) is 13.1 Å². The summed E-state index contributed by atoms with van der Waals surface area (Å²) in [5, 5.41) is 5.77. The van der Waals surface area contributed by atoms with Gasteiger partial charge >= 0.3 is 0 Å². The van der Waals surface area contributed by atoms with Gasteiger partial charge < -0.3 is 15.2 Å². The van der Waals surface area contributed by atoms with Gasteiger partial charge in [-0.05, 0) is 19.9 Å². The number of nitrogens with one attached hydrogen (secondary N) is 2. The maximum absolute atomic E-state index is 11.7. The van der Waals surface area contributed by atoms with E-state index >= 15 is 0 Å². The summed E-state index contributed by atoms with van der Waals surface area (Å²) in [5.41, 5.74) is 0.786. The lowest BCUT2D eigenvalue weighted by molar-refractivity contribution is -0.112. The van der Waals surface area contributed by atoms with Crippen LogP contribution in [0, 0.1) is 0 Å². The zero-order valence-electron chi connectivity index (χ0n) is 10.9. The highest BCUT2D eigenvalue weighted by molar-refractivity contribution is 5.90. The van der Waals surface area contributed by atoms with Crippen LogP contribution in [0.4, 0.5) is 0 Å². The average molecular weight is 250 g/mol. The van der Waals surface area contributed by atoms with Crippen LogP contribution in [0.15, 0.2) is 24.2 Å². The van der Waals surface area contributed by atoms with Crippen LogP contribution in [0.2, 0.25) is 0 Å². The van der Waals surface area contributed by atoms with Gasteiger partial charge in [-0.1, -0.05) is 0 Å². The van der Waals surface area contributed by atoms with Crippen LogP contribution in [0.3, 0.4) is 0 Å². The van der Waals surface area contributed by atoms with Crippen molar-refractivity contribution in [3.8, 4) is 0 Å². The number of allylic oxidation sites excluding steroid dienone is 2. The van der Waals surface area contributed by atoms with Crippen LogP contribution in [-0.4, -0.2) is 34.3 Å². The van der Waals surface area contributed by atoms with Crippen LogP contribution >= 0.6 is 0 Å². The van der Waals surface area contributed by atoms with Crippen LogP contribution in [0.5, 0.6) is 0 Å². The molecule has 1 aromatic heterocycles. The van der Waals surface area contributed by atoms with Gasteiger partial charge in [-0.3, -0.25) is 9.59 Å². The number of amides is 1. The van der Waals surface area contributed by atoms with Crippen LogP contribution in [0.25, 0.3) is 0 Å². The van der Waals surface area contributed by atoms with Gasteiger partial charge in [-0.25, -0.2) is 4.98 Å². The van der Waals surface area contributed by atoms with E-state index in [4.69, 9.17) is 0 Å². The second-order valence-corrected chi connectivity index (χ2v) is 3.98. The van der Waals surface area contributed by atoms with E-state index < -0.39 is 0 Å². The smallest absolute Gasteiger partial charge is 0.287 e. The van der Waals surface area contributed by atoms with Gasteiger partial charge in [0.2, 0.25) is 0 Å². The molecule has 1 aromatic rings. The lowest BCUT2D eigenvalue weighted by Crippen LogP contribution is -2.32. The Bertz CT molecular complexity index is 462. The number of carbonyl (C=O) groups excluding carboxylic acids is 2. The molecule has 98 valence electrons. The second-order valence-electron chi connectivity index (χ2n) is 3.98. The van der Waals surface area contributed by atoms with E-state index in [0.717, 1.165) is 5.70 Å². The van der Waals surface area contributed by atoms with Crippen molar-refractivity contribution >= 4 is 11.7 Å². The molecular weight excluding hydrogens is 232 g/mol. The Kier molecular flexibility index (Phi) is 5.10. The Hall–Kier alpha value is -2.11. The molecule has 0 radical (unpaired) electrons. The van der Waals surface area contributed by atoms with Crippen LogP contribution in [-0.2, 0) is 11.8 Å². The molecule has 0 spiro atoms. The number of hydrogen-bond donors (Lipinski definition) is 2. The number of imidazole rings is 1. The number of carbonyl (C=O) groups is 2. The Labute approximate surface area is 106 Å². The summed E-state index contributed by atoms with van der Waals surface area (Å²) >= 11 is 0. The molecule has 6 nitrogen and oxygen atoms in total. The third-order valence-corrected chi connectivity index (χ3v) is 2.26. The van der Waals surface area contributed by atoms with Gasteiger partial charge in [0, 0.05) is 38.2 Å². The minimum Gasteiger partial charge on any atom is -0.387 e. The molecule has 0 aliphatic heterocycles. The zero-order chi connectivity index (χ0) is 13.5. The molecule has 0 aliphatic carbocycles. The van der Waals surface area contributed by atoms with E-state index in [-0.39, 0.29) is 11.7 Å². The largest absolute Gasteiger partial charge is 0.387 e. The van der Waals surface area contributed by atoms with Gasteiger partial charge in [0.15, 0.2) is 11.6 Å². The number of aromatic nitrogens is 2. The van der Waals surface area contributed by atoms with Crippen molar-refractivity contribution in [1.29, 1.82) is 0 Å². The normalized spacial score (nSPS) is 11.2. The molecule has 0 atom stereocenters. The highest BCUT2D eigenvalue weighted by Crippen LogP contribution is 1.93. The molecule has 0 saturated carbocycles. The minimum absolute atomic E-state index is 0.00274. The minimum atomic E-state index is -0.211. The first-order valence-electron chi connectivity index (χ1n) is 5.69.